The molecule has 62 heavy (non-hydrogen) atoms. The molecular formula is C57H111NO4. The summed E-state index contributed by atoms with van der Waals surface area (Å²) in [7, 11) is 0. The number of hydrogen-bond donors (Lipinski definition) is 4. The summed E-state index contributed by atoms with van der Waals surface area (Å²) in [5.41, 5.74) is 0. The third-order valence-electron chi connectivity index (χ3n) is 13.2. The zero-order valence-electron chi connectivity index (χ0n) is 42.0. The minimum atomic E-state index is -0.950. The Morgan fingerprint density at radius 2 is 0.694 bits per heavy atom. The average molecular weight is 875 g/mol. The molecule has 3 atom stereocenters. The Morgan fingerprint density at radius 3 is 1.03 bits per heavy atom. The molecule has 0 aliphatic rings. The van der Waals surface area contributed by atoms with Crippen LogP contribution in [0.3, 0.4) is 0 Å². The number of allylic oxidation sites excluding steroid dienone is 3. The summed E-state index contributed by atoms with van der Waals surface area (Å²) < 4.78 is 0. The second kappa shape index (κ2) is 52.5. The van der Waals surface area contributed by atoms with Crippen molar-refractivity contribution >= 4 is 5.91 Å². The molecule has 0 saturated heterocycles. The maximum atomic E-state index is 12.5. The lowest BCUT2D eigenvalue weighted by molar-refractivity contribution is -0.124. The number of nitrogens with one attached hydrogen (secondary N) is 1. The average Bonchev–Trinajstić information content (AvgIpc) is 3.27. The summed E-state index contributed by atoms with van der Waals surface area (Å²) in [5, 5.41) is 33.4. The van der Waals surface area contributed by atoms with Crippen molar-refractivity contribution in [2.75, 3.05) is 6.61 Å². The van der Waals surface area contributed by atoms with Crippen LogP contribution in [-0.2, 0) is 4.79 Å². The van der Waals surface area contributed by atoms with E-state index in [2.05, 4.69) is 31.3 Å². The van der Waals surface area contributed by atoms with Crippen molar-refractivity contribution in [3.8, 4) is 0 Å². The highest BCUT2D eigenvalue weighted by atomic mass is 16.3. The lowest BCUT2D eigenvalue weighted by Crippen LogP contribution is -2.45. The summed E-state index contributed by atoms with van der Waals surface area (Å²) >= 11 is 0. The van der Waals surface area contributed by atoms with Crippen molar-refractivity contribution in [2.45, 2.75) is 327 Å². The lowest BCUT2D eigenvalue weighted by atomic mass is 10.0. The van der Waals surface area contributed by atoms with Gasteiger partial charge in [0.25, 0.3) is 0 Å². The topological polar surface area (TPSA) is 89.8 Å². The SMILES string of the molecule is CCCCCCCCCCCCCCCCCCCC/C=C/CC/C=C/C(O)C(CO)NC(=O)CC(O)CCCCCCCCCCCCCCCCCCCCCCCCC. The molecule has 0 radical (unpaired) electrons. The number of unbranched alkanes of at least 4 members (excludes halogenated alkanes) is 41. The zero-order valence-corrected chi connectivity index (χ0v) is 42.0. The van der Waals surface area contributed by atoms with E-state index in [9.17, 15) is 20.1 Å². The van der Waals surface area contributed by atoms with E-state index in [-0.39, 0.29) is 18.9 Å². The first kappa shape index (κ1) is 60.8. The van der Waals surface area contributed by atoms with Crippen LogP contribution in [0.2, 0.25) is 0 Å². The quantitative estimate of drug-likeness (QED) is 0.0362. The van der Waals surface area contributed by atoms with Gasteiger partial charge in [-0.2, -0.15) is 0 Å². The van der Waals surface area contributed by atoms with Crippen LogP contribution in [0.15, 0.2) is 24.3 Å². The smallest absolute Gasteiger partial charge is 0.222 e. The molecule has 0 heterocycles. The second-order valence-corrected chi connectivity index (χ2v) is 19.5. The fourth-order valence-corrected chi connectivity index (χ4v) is 8.95. The van der Waals surface area contributed by atoms with Crippen LogP contribution in [0.4, 0.5) is 0 Å². The van der Waals surface area contributed by atoms with E-state index in [0.29, 0.717) is 6.42 Å². The Hall–Kier alpha value is -1.17. The molecule has 4 N–H and O–H groups in total. The summed E-state index contributed by atoms with van der Waals surface area (Å²) in [6, 6.07) is -0.759. The third kappa shape index (κ3) is 48.3. The van der Waals surface area contributed by atoms with Crippen molar-refractivity contribution in [1.29, 1.82) is 0 Å². The highest BCUT2D eigenvalue weighted by molar-refractivity contribution is 5.76. The molecule has 3 unspecified atom stereocenters. The van der Waals surface area contributed by atoms with Gasteiger partial charge in [-0.3, -0.25) is 4.79 Å². The van der Waals surface area contributed by atoms with Crippen LogP contribution in [0.1, 0.15) is 309 Å². The summed E-state index contributed by atoms with van der Waals surface area (Å²) in [5.74, 6) is -0.319. The van der Waals surface area contributed by atoms with Crippen LogP contribution in [-0.4, -0.2) is 46.1 Å². The number of carbonyl (C=O) groups is 1. The Bertz CT molecular complexity index is 920. The molecule has 0 rings (SSSR count). The normalized spacial score (nSPS) is 13.4. The van der Waals surface area contributed by atoms with Gasteiger partial charge in [0.05, 0.1) is 31.3 Å². The molecule has 1 amide bonds. The highest BCUT2D eigenvalue weighted by Gasteiger charge is 2.20. The van der Waals surface area contributed by atoms with E-state index >= 15 is 0 Å². The van der Waals surface area contributed by atoms with Gasteiger partial charge < -0.3 is 20.6 Å². The predicted octanol–water partition coefficient (Wildman–Crippen LogP) is 17.3. The third-order valence-corrected chi connectivity index (χ3v) is 13.2. The van der Waals surface area contributed by atoms with E-state index in [1.54, 1.807) is 6.08 Å². The number of aliphatic hydroxyl groups is 3. The van der Waals surface area contributed by atoms with Crippen LogP contribution in [0.5, 0.6) is 0 Å². The number of carbonyl (C=O) groups excluding carboxylic acids is 1. The van der Waals surface area contributed by atoms with Crippen LogP contribution in [0.25, 0.3) is 0 Å². The van der Waals surface area contributed by atoms with E-state index in [1.165, 1.54) is 250 Å². The first-order valence-corrected chi connectivity index (χ1v) is 28.1. The Labute approximate surface area is 388 Å². The minimum absolute atomic E-state index is 0.0104. The van der Waals surface area contributed by atoms with Crippen molar-refractivity contribution in [1.82, 2.24) is 5.32 Å². The Balaban J connectivity index is 3.58. The van der Waals surface area contributed by atoms with Gasteiger partial charge in [0.1, 0.15) is 0 Å². The van der Waals surface area contributed by atoms with Gasteiger partial charge in [-0.05, 0) is 32.1 Å². The molecule has 0 spiro atoms. The fraction of sp³-hybridized carbons (Fsp3) is 0.912. The number of amides is 1. The molecular weight excluding hydrogens is 763 g/mol. The molecule has 0 fully saturated rings. The number of hydrogen-bond acceptors (Lipinski definition) is 4. The first-order chi connectivity index (χ1) is 30.5. The molecule has 368 valence electrons. The van der Waals surface area contributed by atoms with Crippen molar-refractivity contribution in [3.63, 3.8) is 0 Å². The van der Waals surface area contributed by atoms with Gasteiger partial charge in [0.15, 0.2) is 0 Å². The molecule has 0 saturated carbocycles. The van der Waals surface area contributed by atoms with E-state index < -0.39 is 18.2 Å². The Morgan fingerprint density at radius 1 is 0.403 bits per heavy atom. The fourth-order valence-electron chi connectivity index (χ4n) is 8.95. The van der Waals surface area contributed by atoms with E-state index in [1.807, 2.05) is 6.08 Å². The highest BCUT2D eigenvalue weighted by Crippen LogP contribution is 2.18. The predicted molar refractivity (Wildman–Crippen MR) is 273 cm³/mol. The zero-order chi connectivity index (χ0) is 45.1. The Kier molecular flexibility index (Phi) is 51.5. The molecule has 0 aromatic rings. The van der Waals surface area contributed by atoms with Gasteiger partial charge in [-0.25, -0.2) is 0 Å². The van der Waals surface area contributed by atoms with E-state index in [4.69, 9.17) is 0 Å². The monoisotopic (exact) mass is 874 g/mol. The van der Waals surface area contributed by atoms with Crippen molar-refractivity contribution in [2.24, 2.45) is 0 Å². The van der Waals surface area contributed by atoms with Gasteiger partial charge in [0, 0.05) is 0 Å². The van der Waals surface area contributed by atoms with E-state index in [0.717, 1.165) is 32.1 Å². The van der Waals surface area contributed by atoms with Crippen LogP contribution in [0, 0.1) is 0 Å². The molecule has 0 bridgehead atoms. The van der Waals surface area contributed by atoms with Crippen molar-refractivity contribution in [3.05, 3.63) is 24.3 Å². The summed E-state index contributed by atoms with van der Waals surface area (Å²) in [6.45, 7) is 4.24. The largest absolute Gasteiger partial charge is 0.394 e. The van der Waals surface area contributed by atoms with Gasteiger partial charge >= 0.3 is 0 Å². The standard InChI is InChI=1S/C57H111NO4/c1-3-5-7-9-11-13-15-17-19-21-23-25-27-29-31-33-35-37-39-41-43-45-47-49-51-56(61)55(53-59)58-57(62)52-54(60)50-48-46-44-42-40-38-36-34-32-30-28-26-24-22-20-18-16-14-12-10-8-6-4-2/h41,43,49,51,54-56,59-61H,3-40,42,44-48,50,52-53H2,1-2H3,(H,58,62)/b43-41+,51-49+. The maximum absolute atomic E-state index is 12.5. The van der Waals surface area contributed by atoms with Gasteiger partial charge in [0.2, 0.25) is 5.91 Å². The molecule has 0 aliphatic heterocycles. The van der Waals surface area contributed by atoms with Gasteiger partial charge in [-0.15, -0.1) is 0 Å². The summed E-state index contributed by atoms with van der Waals surface area (Å²) in [6.07, 6.45) is 66.6. The number of aliphatic hydroxyl groups excluding tert-OH is 3. The minimum Gasteiger partial charge on any atom is -0.394 e. The molecule has 0 aromatic heterocycles. The number of rotatable bonds is 52. The van der Waals surface area contributed by atoms with Gasteiger partial charge in [-0.1, -0.05) is 295 Å². The second-order valence-electron chi connectivity index (χ2n) is 19.5. The first-order valence-electron chi connectivity index (χ1n) is 28.1. The maximum Gasteiger partial charge on any atom is 0.222 e. The molecule has 0 aliphatic carbocycles. The van der Waals surface area contributed by atoms with Crippen LogP contribution >= 0.6 is 0 Å². The molecule has 5 nitrogen and oxygen atoms in total. The molecule has 0 aromatic carbocycles. The lowest BCUT2D eigenvalue weighted by Gasteiger charge is -2.21. The summed E-state index contributed by atoms with van der Waals surface area (Å²) in [4.78, 5) is 12.5. The van der Waals surface area contributed by atoms with Crippen LogP contribution < -0.4 is 5.32 Å². The van der Waals surface area contributed by atoms with Crippen molar-refractivity contribution < 1.29 is 20.1 Å². The molecule has 5 heteroatoms.